The molecule has 1 aliphatic rings. The molecule has 1 amide bonds. The van der Waals surface area contributed by atoms with Crippen LogP contribution in [0.15, 0.2) is 28.7 Å². The molecular weight excluding hydrogens is 292 g/mol. The first kappa shape index (κ1) is 13.6. The lowest BCUT2D eigenvalue weighted by Gasteiger charge is -2.16. The molecule has 0 aromatic heterocycles. The van der Waals surface area contributed by atoms with Gasteiger partial charge in [0, 0.05) is 17.6 Å². The van der Waals surface area contributed by atoms with Crippen LogP contribution >= 0.6 is 15.9 Å². The minimum Gasteiger partial charge on any atom is -0.342 e. The highest BCUT2D eigenvalue weighted by Crippen LogP contribution is 2.18. The molecule has 3 nitrogen and oxygen atoms in total. The van der Waals surface area contributed by atoms with E-state index in [4.69, 9.17) is 0 Å². The van der Waals surface area contributed by atoms with Crippen molar-refractivity contribution in [1.29, 1.82) is 0 Å². The maximum atomic E-state index is 12.2. The fourth-order valence-electron chi connectivity index (χ4n) is 2.45. The predicted molar refractivity (Wildman–Crippen MR) is 76.5 cm³/mol. The van der Waals surface area contributed by atoms with E-state index < -0.39 is 0 Å². The van der Waals surface area contributed by atoms with Crippen molar-refractivity contribution in [2.24, 2.45) is 5.92 Å². The van der Waals surface area contributed by atoms with Gasteiger partial charge in [-0.1, -0.05) is 28.1 Å². The summed E-state index contributed by atoms with van der Waals surface area (Å²) in [7, 11) is 1.96. The molecule has 1 heterocycles. The van der Waals surface area contributed by atoms with Crippen LogP contribution in [0.3, 0.4) is 0 Å². The molecule has 1 fully saturated rings. The molecule has 0 bridgehead atoms. The number of hydrogen-bond acceptors (Lipinski definition) is 2. The molecule has 1 saturated heterocycles. The zero-order chi connectivity index (χ0) is 13.0. The molecule has 1 N–H and O–H groups in total. The van der Waals surface area contributed by atoms with Gasteiger partial charge < -0.3 is 10.2 Å². The number of hydrogen-bond donors (Lipinski definition) is 1. The van der Waals surface area contributed by atoms with Crippen molar-refractivity contribution in [3.63, 3.8) is 0 Å². The fourth-order valence-corrected chi connectivity index (χ4v) is 2.89. The molecular formula is C14H19BrN2O. The van der Waals surface area contributed by atoms with E-state index in [-0.39, 0.29) is 5.91 Å². The molecule has 0 radical (unpaired) electrons. The number of benzene rings is 1. The number of nitrogens with one attached hydrogen (secondary N) is 1. The number of carbonyl (C=O) groups is 1. The Kier molecular flexibility index (Phi) is 4.78. The van der Waals surface area contributed by atoms with Crippen molar-refractivity contribution >= 4 is 21.8 Å². The smallest absolute Gasteiger partial charge is 0.227 e. The monoisotopic (exact) mass is 310 g/mol. The number of halogens is 1. The van der Waals surface area contributed by atoms with Crippen LogP contribution in [0.2, 0.25) is 0 Å². The molecule has 0 unspecified atom stereocenters. The minimum atomic E-state index is 0.242. The van der Waals surface area contributed by atoms with E-state index >= 15 is 0 Å². The average Bonchev–Trinajstić information content (AvgIpc) is 2.78. The molecule has 1 atom stereocenters. The second-order valence-electron chi connectivity index (χ2n) is 4.86. The largest absolute Gasteiger partial charge is 0.342 e. The molecule has 18 heavy (non-hydrogen) atoms. The summed E-state index contributed by atoms with van der Waals surface area (Å²) in [5.41, 5.74) is 1.08. The van der Waals surface area contributed by atoms with E-state index in [0.29, 0.717) is 12.3 Å². The van der Waals surface area contributed by atoms with Crippen molar-refractivity contribution in [2.75, 3.05) is 26.7 Å². The molecule has 98 valence electrons. The molecule has 0 spiro atoms. The summed E-state index contributed by atoms with van der Waals surface area (Å²) in [5.74, 6) is 0.855. The third-order valence-electron chi connectivity index (χ3n) is 3.38. The van der Waals surface area contributed by atoms with Crippen LogP contribution in [0.4, 0.5) is 0 Å². The SMILES string of the molecule is CNC[C@H]1CCN(C(=O)Cc2cccc(Br)c2)C1. The lowest BCUT2D eigenvalue weighted by Crippen LogP contribution is -2.31. The average molecular weight is 311 g/mol. The minimum absolute atomic E-state index is 0.242. The summed E-state index contributed by atoms with van der Waals surface area (Å²) < 4.78 is 1.03. The highest BCUT2D eigenvalue weighted by molar-refractivity contribution is 9.10. The third-order valence-corrected chi connectivity index (χ3v) is 3.87. The number of rotatable bonds is 4. The maximum absolute atomic E-state index is 12.2. The van der Waals surface area contributed by atoms with Crippen LogP contribution in [0.1, 0.15) is 12.0 Å². The molecule has 1 aromatic rings. The van der Waals surface area contributed by atoms with Crippen molar-refractivity contribution in [2.45, 2.75) is 12.8 Å². The van der Waals surface area contributed by atoms with E-state index in [0.717, 1.165) is 36.1 Å². The van der Waals surface area contributed by atoms with Crippen molar-refractivity contribution in [3.8, 4) is 0 Å². The zero-order valence-corrected chi connectivity index (χ0v) is 12.2. The van der Waals surface area contributed by atoms with Crippen LogP contribution in [-0.4, -0.2) is 37.5 Å². The van der Waals surface area contributed by atoms with Gasteiger partial charge in [-0.2, -0.15) is 0 Å². The van der Waals surface area contributed by atoms with Crippen molar-refractivity contribution in [1.82, 2.24) is 10.2 Å². The van der Waals surface area contributed by atoms with Gasteiger partial charge in [-0.15, -0.1) is 0 Å². The van der Waals surface area contributed by atoms with Gasteiger partial charge in [0.15, 0.2) is 0 Å². The lowest BCUT2D eigenvalue weighted by atomic mass is 10.1. The first-order valence-electron chi connectivity index (χ1n) is 6.36. The first-order valence-corrected chi connectivity index (χ1v) is 7.15. The van der Waals surface area contributed by atoms with Gasteiger partial charge in [0.2, 0.25) is 5.91 Å². The molecule has 1 aromatic carbocycles. The molecule has 0 aliphatic carbocycles. The predicted octanol–water partition coefficient (Wildman–Crippen LogP) is 2.06. The van der Waals surface area contributed by atoms with Crippen molar-refractivity contribution in [3.05, 3.63) is 34.3 Å². The summed E-state index contributed by atoms with van der Waals surface area (Å²) in [6, 6.07) is 7.97. The number of likely N-dealkylation sites (tertiary alicyclic amines) is 1. The van der Waals surface area contributed by atoms with E-state index in [9.17, 15) is 4.79 Å². The van der Waals surface area contributed by atoms with Gasteiger partial charge in [0.1, 0.15) is 0 Å². The van der Waals surface area contributed by atoms with E-state index in [2.05, 4.69) is 21.2 Å². The van der Waals surface area contributed by atoms with E-state index in [1.54, 1.807) is 0 Å². The van der Waals surface area contributed by atoms with Crippen LogP contribution in [0, 0.1) is 5.92 Å². The Labute approximate surface area is 117 Å². The van der Waals surface area contributed by atoms with Gasteiger partial charge in [-0.05, 0) is 43.6 Å². The van der Waals surface area contributed by atoms with E-state index in [1.165, 1.54) is 0 Å². The van der Waals surface area contributed by atoms with E-state index in [1.807, 2.05) is 36.2 Å². The Bertz CT molecular complexity index is 422. The Morgan fingerprint density at radius 3 is 3.11 bits per heavy atom. The van der Waals surface area contributed by atoms with Crippen LogP contribution in [0.25, 0.3) is 0 Å². The Balaban J connectivity index is 1.89. The highest BCUT2D eigenvalue weighted by Gasteiger charge is 2.25. The second kappa shape index (κ2) is 6.34. The van der Waals surface area contributed by atoms with Gasteiger partial charge >= 0.3 is 0 Å². The second-order valence-corrected chi connectivity index (χ2v) is 5.77. The van der Waals surface area contributed by atoms with Crippen molar-refractivity contribution < 1.29 is 4.79 Å². The zero-order valence-electron chi connectivity index (χ0n) is 10.7. The molecule has 2 rings (SSSR count). The summed E-state index contributed by atoms with van der Waals surface area (Å²) in [5, 5.41) is 3.18. The number of nitrogens with zero attached hydrogens (tertiary/aromatic N) is 1. The third kappa shape index (κ3) is 3.56. The lowest BCUT2D eigenvalue weighted by molar-refractivity contribution is -0.129. The quantitative estimate of drug-likeness (QED) is 0.923. The number of carbonyl (C=O) groups excluding carboxylic acids is 1. The van der Waals surface area contributed by atoms with Gasteiger partial charge in [0.05, 0.1) is 6.42 Å². The van der Waals surface area contributed by atoms with Crippen LogP contribution in [0.5, 0.6) is 0 Å². The van der Waals surface area contributed by atoms with Gasteiger partial charge in [0.25, 0.3) is 0 Å². The summed E-state index contributed by atoms with van der Waals surface area (Å²) in [4.78, 5) is 14.2. The topological polar surface area (TPSA) is 32.3 Å². The fraction of sp³-hybridized carbons (Fsp3) is 0.500. The summed E-state index contributed by atoms with van der Waals surface area (Å²) in [6.07, 6.45) is 1.62. The van der Waals surface area contributed by atoms with Crippen LogP contribution < -0.4 is 5.32 Å². The highest BCUT2D eigenvalue weighted by atomic mass is 79.9. The van der Waals surface area contributed by atoms with Gasteiger partial charge in [-0.3, -0.25) is 4.79 Å². The Morgan fingerprint density at radius 2 is 2.39 bits per heavy atom. The molecule has 0 saturated carbocycles. The Morgan fingerprint density at radius 1 is 1.56 bits per heavy atom. The normalized spacial score (nSPS) is 19.2. The summed E-state index contributed by atoms with van der Waals surface area (Å²) in [6.45, 7) is 2.80. The Hall–Kier alpha value is -0.870. The van der Waals surface area contributed by atoms with Gasteiger partial charge in [-0.25, -0.2) is 0 Å². The molecule has 1 aliphatic heterocycles. The van der Waals surface area contributed by atoms with Crippen LogP contribution in [-0.2, 0) is 11.2 Å². The summed E-state index contributed by atoms with van der Waals surface area (Å²) >= 11 is 3.43. The number of amides is 1. The molecule has 4 heteroatoms. The first-order chi connectivity index (χ1) is 8.69. The maximum Gasteiger partial charge on any atom is 0.227 e. The standard InChI is InChI=1S/C14H19BrN2O/c1-16-9-12-5-6-17(10-12)14(18)8-11-3-2-4-13(15)7-11/h2-4,7,12,16H,5-6,8-10H2,1H3/t12-/m1/s1.